The average Bonchev–Trinajstić information content (AvgIpc) is 2.41. The van der Waals surface area contributed by atoms with Crippen LogP contribution in [0.5, 0.6) is 0 Å². The number of pyridine rings is 1. The highest BCUT2D eigenvalue weighted by Gasteiger charge is 2.10. The Morgan fingerprint density at radius 1 is 1.30 bits per heavy atom. The molecule has 0 atom stereocenters. The summed E-state index contributed by atoms with van der Waals surface area (Å²) in [6.07, 6.45) is 1.57. The number of para-hydroxylation sites is 1. The van der Waals surface area contributed by atoms with Crippen LogP contribution in [0.2, 0.25) is 0 Å². The van der Waals surface area contributed by atoms with Crippen molar-refractivity contribution in [1.82, 2.24) is 9.71 Å². The highest BCUT2D eigenvalue weighted by atomic mass is 32.2. The van der Waals surface area contributed by atoms with E-state index in [2.05, 4.69) is 15.0 Å². The van der Waals surface area contributed by atoms with Crippen molar-refractivity contribution in [3.8, 4) is 0 Å². The van der Waals surface area contributed by atoms with Gasteiger partial charge in [0, 0.05) is 18.5 Å². The highest BCUT2D eigenvalue weighted by molar-refractivity contribution is 7.89. The molecule has 0 fully saturated rings. The second-order valence-electron chi connectivity index (χ2n) is 4.35. The van der Waals surface area contributed by atoms with Gasteiger partial charge in [0.2, 0.25) is 10.0 Å². The molecule has 2 rings (SSSR count). The number of anilines is 2. The smallest absolute Gasteiger partial charge is 0.213 e. The lowest BCUT2D eigenvalue weighted by molar-refractivity contribution is 0.584. The van der Waals surface area contributed by atoms with Gasteiger partial charge in [-0.25, -0.2) is 13.1 Å². The van der Waals surface area contributed by atoms with E-state index in [0.717, 1.165) is 16.6 Å². The Hall–Kier alpha value is -1.86. The molecule has 0 amide bonds. The summed E-state index contributed by atoms with van der Waals surface area (Å²) in [5.41, 5.74) is 7.95. The van der Waals surface area contributed by atoms with Crippen LogP contribution >= 0.6 is 0 Å². The minimum absolute atomic E-state index is 0.00305. The number of rotatable bonds is 6. The molecule has 0 aliphatic heterocycles. The molecule has 0 radical (unpaired) electrons. The normalized spacial score (nSPS) is 11.7. The number of fused-ring (bicyclic) bond motifs is 1. The second-order valence-corrected chi connectivity index (χ2v) is 6.28. The van der Waals surface area contributed by atoms with Crippen LogP contribution in [0.25, 0.3) is 10.9 Å². The Kier molecular flexibility index (Phi) is 4.41. The van der Waals surface area contributed by atoms with Gasteiger partial charge in [0.05, 0.1) is 28.8 Å². The zero-order valence-electron chi connectivity index (χ0n) is 11.3. The summed E-state index contributed by atoms with van der Waals surface area (Å²) in [6.45, 7) is 2.43. The molecule has 1 aromatic heterocycles. The molecule has 0 aliphatic rings. The summed E-state index contributed by atoms with van der Waals surface area (Å²) in [5, 5.41) is 3.97. The van der Waals surface area contributed by atoms with Crippen LogP contribution in [0.1, 0.15) is 6.92 Å². The van der Waals surface area contributed by atoms with Gasteiger partial charge in [-0.15, -0.1) is 0 Å². The van der Waals surface area contributed by atoms with Crippen LogP contribution in [0, 0.1) is 0 Å². The molecular weight excluding hydrogens is 276 g/mol. The fraction of sp³-hybridized carbons (Fsp3) is 0.308. The van der Waals surface area contributed by atoms with Crippen molar-refractivity contribution in [2.75, 3.05) is 29.9 Å². The largest absolute Gasteiger partial charge is 0.396 e. The van der Waals surface area contributed by atoms with Crippen molar-refractivity contribution in [2.45, 2.75) is 6.92 Å². The van der Waals surface area contributed by atoms with Crippen LogP contribution in [0.4, 0.5) is 11.4 Å². The van der Waals surface area contributed by atoms with Crippen molar-refractivity contribution in [2.24, 2.45) is 0 Å². The van der Waals surface area contributed by atoms with Crippen molar-refractivity contribution < 1.29 is 8.42 Å². The molecule has 7 heteroatoms. The van der Waals surface area contributed by atoms with Crippen LogP contribution in [-0.2, 0) is 10.0 Å². The Balaban J connectivity index is 2.16. The molecule has 2 aromatic rings. The Bertz CT molecular complexity index is 701. The summed E-state index contributed by atoms with van der Waals surface area (Å²) in [7, 11) is -3.24. The zero-order chi connectivity index (χ0) is 14.6. The van der Waals surface area contributed by atoms with E-state index in [-0.39, 0.29) is 12.3 Å². The average molecular weight is 294 g/mol. The predicted molar refractivity (Wildman–Crippen MR) is 82.1 cm³/mol. The highest BCUT2D eigenvalue weighted by Crippen LogP contribution is 2.27. The van der Waals surface area contributed by atoms with Crippen molar-refractivity contribution in [1.29, 1.82) is 0 Å². The maximum atomic E-state index is 11.6. The van der Waals surface area contributed by atoms with Gasteiger partial charge in [0.1, 0.15) is 0 Å². The minimum Gasteiger partial charge on any atom is -0.396 e. The molecule has 0 spiro atoms. The van der Waals surface area contributed by atoms with E-state index in [1.54, 1.807) is 13.1 Å². The van der Waals surface area contributed by atoms with E-state index in [4.69, 9.17) is 5.73 Å². The van der Waals surface area contributed by atoms with E-state index < -0.39 is 10.0 Å². The third-order valence-electron chi connectivity index (χ3n) is 2.84. The molecule has 0 bridgehead atoms. The summed E-state index contributed by atoms with van der Waals surface area (Å²) < 4.78 is 25.6. The SMILES string of the molecule is CCNS(=O)(=O)CCNc1c(N)cnc2ccccc12. The van der Waals surface area contributed by atoms with Crippen LogP contribution in [-0.4, -0.2) is 32.2 Å². The number of hydrogen-bond donors (Lipinski definition) is 3. The third-order valence-corrected chi connectivity index (χ3v) is 4.31. The van der Waals surface area contributed by atoms with E-state index in [9.17, 15) is 8.42 Å². The second kappa shape index (κ2) is 6.06. The molecule has 0 saturated carbocycles. The predicted octanol–water partition coefficient (Wildman–Crippen LogP) is 1.17. The van der Waals surface area contributed by atoms with E-state index in [1.807, 2.05) is 24.3 Å². The Morgan fingerprint density at radius 2 is 2.05 bits per heavy atom. The van der Waals surface area contributed by atoms with Crippen molar-refractivity contribution >= 4 is 32.3 Å². The first-order chi connectivity index (χ1) is 9.53. The van der Waals surface area contributed by atoms with Gasteiger partial charge in [0.25, 0.3) is 0 Å². The topological polar surface area (TPSA) is 97.1 Å². The summed E-state index contributed by atoms with van der Waals surface area (Å²) >= 11 is 0. The number of aromatic nitrogens is 1. The number of sulfonamides is 1. The quantitative estimate of drug-likeness (QED) is 0.743. The molecular formula is C13H18N4O2S. The number of nitrogens with one attached hydrogen (secondary N) is 2. The van der Waals surface area contributed by atoms with Gasteiger partial charge in [0.15, 0.2) is 0 Å². The van der Waals surface area contributed by atoms with Gasteiger partial charge in [-0.1, -0.05) is 25.1 Å². The van der Waals surface area contributed by atoms with Crippen LogP contribution in [0.15, 0.2) is 30.5 Å². The van der Waals surface area contributed by atoms with Gasteiger partial charge in [-0.05, 0) is 6.07 Å². The van der Waals surface area contributed by atoms with E-state index >= 15 is 0 Å². The summed E-state index contributed by atoms with van der Waals surface area (Å²) in [5.74, 6) is -0.00305. The Labute approximate surface area is 118 Å². The molecule has 0 aliphatic carbocycles. The van der Waals surface area contributed by atoms with Gasteiger partial charge < -0.3 is 11.1 Å². The molecule has 0 unspecified atom stereocenters. The summed E-state index contributed by atoms with van der Waals surface area (Å²) in [4.78, 5) is 4.23. The lowest BCUT2D eigenvalue weighted by atomic mass is 10.1. The zero-order valence-corrected chi connectivity index (χ0v) is 12.1. The van der Waals surface area contributed by atoms with Crippen molar-refractivity contribution in [3.63, 3.8) is 0 Å². The first kappa shape index (κ1) is 14.5. The number of hydrogen-bond acceptors (Lipinski definition) is 5. The first-order valence-electron chi connectivity index (χ1n) is 6.38. The molecule has 0 saturated heterocycles. The van der Waals surface area contributed by atoms with Gasteiger partial charge in [-0.2, -0.15) is 0 Å². The number of nitrogen functional groups attached to an aromatic ring is 1. The fourth-order valence-corrected chi connectivity index (χ4v) is 2.91. The lowest BCUT2D eigenvalue weighted by Gasteiger charge is -2.12. The fourth-order valence-electron chi connectivity index (χ4n) is 1.96. The molecule has 20 heavy (non-hydrogen) atoms. The van der Waals surface area contributed by atoms with Crippen LogP contribution in [0.3, 0.4) is 0 Å². The van der Waals surface area contributed by atoms with Crippen molar-refractivity contribution in [3.05, 3.63) is 30.5 Å². The van der Waals surface area contributed by atoms with Crippen LogP contribution < -0.4 is 15.8 Å². The minimum atomic E-state index is -3.24. The van der Waals surface area contributed by atoms with Gasteiger partial charge in [-0.3, -0.25) is 4.98 Å². The molecule has 1 aromatic carbocycles. The maximum Gasteiger partial charge on any atom is 0.213 e. The molecule has 1 heterocycles. The number of nitrogens with zero attached hydrogens (tertiary/aromatic N) is 1. The molecule has 6 nitrogen and oxygen atoms in total. The third kappa shape index (κ3) is 3.37. The number of nitrogens with two attached hydrogens (primary N) is 1. The monoisotopic (exact) mass is 294 g/mol. The molecule has 4 N–H and O–H groups in total. The van der Waals surface area contributed by atoms with Gasteiger partial charge >= 0.3 is 0 Å². The summed E-state index contributed by atoms with van der Waals surface area (Å²) in [6, 6.07) is 7.57. The van der Waals surface area contributed by atoms with E-state index in [1.165, 1.54) is 0 Å². The Morgan fingerprint density at radius 3 is 2.80 bits per heavy atom. The standard InChI is InChI=1S/C13H18N4O2S/c1-2-17-20(18,19)8-7-15-13-10-5-3-4-6-12(10)16-9-11(13)14/h3-6,9,17H,2,7-8,14H2,1H3,(H,15,16). The molecule has 108 valence electrons. The first-order valence-corrected chi connectivity index (χ1v) is 8.03. The van der Waals surface area contributed by atoms with E-state index in [0.29, 0.717) is 12.2 Å². The number of benzene rings is 1. The lowest BCUT2D eigenvalue weighted by Crippen LogP contribution is -2.29. The maximum absolute atomic E-state index is 11.6.